The van der Waals surface area contributed by atoms with E-state index in [1.54, 1.807) is 12.1 Å². The Morgan fingerprint density at radius 1 is 1.16 bits per heavy atom. The topological polar surface area (TPSA) is 57.7 Å². The number of para-hydroxylation sites is 1. The van der Waals surface area contributed by atoms with Gasteiger partial charge in [0.05, 0.1) is 18.4 Å². The normalized spacial score (nSPS) is 16.6. The molecule has 1 aliphatic heterocycles. The third-order valence-electron chi connectivity index (χ3n) is 4.63. The molecule has 132 valence electrons. The van der Waals surface area contributed by atoms with E-state index < -0.39 is 10.0 Å². The van der Waals surface area contributed by atoms with Crippen LogP contribution in [0.3, 0.4) is 0 Å². The lowest BCUT2D eigenvalue weighted by molar-refractivity contribution is -0.118. The average molecular weight is 358 g/mol. The van der Waals surface area contributed by atoms with E-state index in [0.717, 1.165) is 23.9 Å². The second kappa shape index (κ2) is 6.52. The number of carbonyl (C=O) groups is 1. The molecular weight excluding hydrogens is 336 g/mol. The number of rotatable bonds is 4. The van der Waals surface area contributed by atoms with E-state index in [2.05, 4.69) is 13.0 Å². The quantitative estimate of drug-likeness (QED) is 0.844. The van der Waals surface area contributed by atoms with E-state index in [0.29, 0.717) is 12.1 Å². The molecule has 0 bridgehead atoms. The number of carbonyl (C=O) groups excluding carboxylic acids is 1. The lowest BCUT2D eigenvalue weighted by Gasteiger charge is -2.23. The summed E-state index contributed by atoms with van der Waals surface area (Å²) in [7, 11) is -1.78. The van der Waals surface area contributed by atoms with Gasteiger partial charge in [0.15, 0.2) is 0 Å². The average Bonchev–Trinajstić information content (AvgIpc) is 2.89. The lowest BCUT2D eigenvalue weighted by Crippen LogP contribution is -2.36. The monoisotopic (exact) mass is 358 g/mol. The van der Waals surface area contributed by atoms with Crippen molar-refractivity contribution in [3.63, 3.8) is 0 Å². The number of hydrogen-bond acceptors (Lipinski definition) is 3. The van der Waals surface area contributed by atoms with Gasteiger partial charge in [0.1, 0.15) is 0 Å². The molecule has 3 rings (SSSR count). The summed E-state index contributed by atoms with van der Waals surface area (Å²) in [5.74, 6) is 0.0571. The largest absolute Gasteiger partial charge is 0.309 e. The van der Waals surface area contributed by atoms with Crippen LogP contribution in [0.4, 0.5) is 11.4 Å². The Hall–Kier alpha value is -2.34. The van der Waals surface area contributed by atoms with Crippen molar-refractivity contribution in [3.8, 4) is 0 Å². The van der Waals surface area contributed by atoms with E-state index in [-0.39, 0.29) is 11.9 Å². The van der Waals surface area contributed by atoms with Gasteiger partial charge in [-0.1, -0.05) is 30.3 Å². The molecule has 0 aliphatic carbocycles. The zero-order chi connectivity index (χ0) is 18.2. The van der Waals surface area contributed by atoms with E-state index in [4.69, 9.17) is 0 Å². The molecule has 0 saturated carbocycles. The fourth-order valence-electron chi connectivity index (χ4n) is 3.22. The van der Waals surface area contributed by atoms with Gasteiger partial charge in [0.25, 0.3) is 0 Å². The molecule has 25 heavy (non-hydrogen) atoms. The molecule has 0 spiro atoms. The first kappa shape index (κ1) is 17.5. The molecule has 2 aromatic carbocycles. The Bertz CT molecular complexity index is 891. The zero-order valence-corrected chi connectivity index (χ0v) is 15.5. The van der Waals surface area contributed by atoms with Gasteiger partial charge in [-0.2, -0.15) is 0 Å². The van der Waals surface area contributed by atoms with Gasteiger partial charge in [-0.15, -0.1) is 0 Å². The predicted molar refractivity (Wildman–Crippen MR) is 100 cm³/mol. The Labute approximate surface area is 148 Å². The van der Waals surface area contributed by atoms with Crippen LogP contribution in [-0.2, 0) is 27.7 Å². The minimum atomic E-state index is -3.29. The van der Waals surface area contributed by atoms with Gasteiger partial charge < -0.3 is 4.90 Å². The van der Waals surface area contributed by atoms with Crippen LogP contribution >= 0.6 is 0 Å². The van der Waals surface area contributed by atoms with E-state index in [1.807, 2.05) is 35.2 Å². The molecule has 1 atom stereocenters. The van der Waals surface area contributed by atoms with Crippen molar-refractivity contribution in [2.75, 3.05) is 22.5 Å². The van der Waals surface area contributed by atoms with Gasteiger partial charge >= 0.3 is 0 Å². The summed E-state index contributed by atoms with van der Waals surface area (Å²) < 4.78 is 24.4. The van der Waals surface area contributed by atoms with Crippen LogP contribution in [0.2, 0.25) is 0 Å². The summed E-state index contributed by atoms with van der Waals surface area (Å²) in [6, 6.07) is 15.2. The Kier molecular flexibility index (Phi) is 4.56. The summed E-state index contributed by atoms with van der Waals surface area (Å²) in [6.07, 6.45) is 2.33. The molecule has 2 aromatic rings. The van der Waals surface area contributed by atoms with Crippen LogP contribution in [0, 0.1) is 0 Å². The van der Waals surface area contributed by atoms with Gasteiger partial charge in [-0.05, 0) is 42.7 Å². The molecule has 6 heteroatoms. The Morgan fingerprint density at radius 2 is 1.80 bits per heavy atom. The third-order valence-corrected chi connectivity index (χ3v) is 5.83. The second-order valence-electron chi connectivity index (χ2n) is 6.52. The number of hydrogen-bond donors (Lipinski definition) is 0. The van der Waals surface area contributed by atoms with Crippen LogP contribution < -0.4 is 9.21 Å². The van der Waals surface area contributed by atoms with Crippen molar-refractivity contribution in [1.29, 1.82) is 0 Å². The number of nitrogens with zero attached hydrogens (tertiary/aromatic N) is 2. The predicted octanol–water partition coefficient (Wildman–Crippen LogP) is 2.60. The molecule has 0 radical (unpaired) electrons. The third kappa shape index (κ3) is 3.54. The van der Waals surface area contributed by atoms with E-state index in [1.165, 1.54) is 16.9 Å². The fraction of sp³-hybridized carbons (Fsp3) is 0.316. The SMILES string of the molecule is C[C@H]1Cc2ccccc2N1C(=O)Cc1ccc(N(C)S(C)(=O)=O)cc1. The molecule has 1 heterocycles. The molecule has 0 N–H and O–H groups in total. The second-order valence-corrected chi connectivity index (χ2v) is 8.53. The molecular formula is C19H22N2O3S. The molecule has 0 aromatic heterocycles. The van der Waals surface area contributed by atoms with Crippen molar-refractivity contribution < 1.29 is 13.2 Å². The molecule has 0 unspecified atom stereocenters. The maximum absolute atomic E-state index is 12.8. The summed E-state index contributed by atoms with van der Waals surface area (Å²) >= 11 is 0. The van der Waals surface area contributed by atoms with E-state index >= 15 is 0 Å². The van der Waals surface area contributed by atoms with E-state index in [9.17, 15) is 13.2 Å². The highest BCUT2D eigenvalue weighted by Crippen LogP contribution is 2.32. The first-order valence-electron chi connectivity index (χ1n) is 8.20. The molecule has 0 fully saturated rings. The maximum atomic E-state index is 12.8. The summed E-state index contributed by atoms with van der Waals surface area (Å²) in [6.45, 7) is 2.06. The van der Waals surface area contributed by atoms with Gasteiger partial charge in [0, 0.05) is 18.8 Å². The Balaban J connectivity index is 1.76. The standard InChI is InChI=1S/C19H22N2O3S/c1-14-12-16-6-4-5-7-18(16)21(14)19(22)13-15-8-10-17(11-9-15)20(2)25(3,23)24/h4-11,14H,12-13H2,1-3H3/t14-/m0/s1. The van der Waals surface area contributed by atoms with Crippen molar-refractivity contribution in [2.45, 2.75) is 25.8 Å². The number of fused-ring (bicyclic) bond motifs is 1. The van der Waals surface area contributed by atoms with Crippen LogP contribution in [-0.4, -0.2) is 33.7 Å². The summed E-state index contributed by atoms with van der Waals surface area (Å²) in [4.78, 5) is 14.7. The maximum Gasteiger partial charge on any atom is 0.231 e. The van der Waals surface area contributed by atoms with Crippen molar-refractivity contribution >= 4 is 27.3 Å². The number of benzene rings is 2. The van der Waals surface area contributed by atoms with Gasteiger partial charge in [0.2, 0.25) is 15.9 Å². The molecule has 1 amide bonds. The minimum Gasteiger partial charge on any atom is -0.309 e. The van der Waals surface area contributed by atoms with Gasteiger partial charge in [-0.25, -0.2) is 8.42 Å². The highest BCUT2D eigenvalue weighted by atomic mass is 32.2. The first-order chi connectivity index (χ1) is 11.8. The molecule has 0 saturated heterocycles. The number of anilines is 2. The van der Waals surface area contributed by atoms with Crippen LogP contribution in [0.1, 0.15) is 18.1 Å². The van der Waals surface area contributed by atoms with Crippen LogP contribution in [0.25, 0.3) is 0 Å². The summed E-state index contributed by atoms with van der Waals surface area (Å²) in [5.41, 5.74) is 3.65. The lowest BCUT2D eigenvalue weighted by atomic mass is 10.1. The van der Waals surface area contributed by atoms with Crippen molar-refractivity contribution in [2.24, 2.45) is 0 Å². The fourth-order valence-corrected chi connectivity index (χ4v) is 3.73. The number of sulfonamides is 1. The smallest absolute Gasteiger partial charge is 0.231 e. The molecule has 5 nitrogen and oxygen atoms in total. The highest BCUT2D eigenvalue weighted by molar-refractivity contribution is 7.92. The van der Waals surface area contributed by atoms with Crippen LogP contribution in [0.15, 0.2) is 48.5 Å². The van der Waals surface area contributed by atoms with Gasteiger partial charge in [-0.3, -0.25) is 9.10 Å². The van der Waals surface area contributed by atoms with Crippen molar-refractivity contribution in [3.05, 3.63) is 59.7 Å². The zero-order valence-electron chi connectivity index (χ0n) is 14.6. The first-order valence-corrected chi connectivity index (χ1v) is 10.0. The Morgan fingerprint density at radius 3 is 2.44 bits per heavy atom. The highest BCUT2D eigenvalue weighted by Gasteiger charge is 2.30. The van der Waals surface area contributed by atoms with Crippen LogP contribution in [0.5, 0.6) is 0 Å². The summed E-state index contributed by atoms with van der Waals surface area (Å²) in [5, 5.41) is 0. The number of amides is 1. The van der Waals surface area contributed by atoms with Crippen molar-refractivity contribution in [1.82, 2.24) is 0 Å². The molecule has 1 aliphatic rings. The minimum absolute atomic E-state index is 0.0571.